The van der Waals surface area contributed by atoms with Gasteiger partial charge in [0.15, 0.2) is 5.82 Å². The van der Waals surface area contributed by atoms with Gasteiger partial charge in [0.25, 0.3) is 5.78 Å². The van der Waals surface area contributed by atoms with Gasteiger partial charge >= 0.3 is 0 Å². The van der Waals surface area contributed by atoms with Gasteiger partial charge in [-0.1, -0.05) is 0 Å². The Labute approximate surface area is 69.5 Å². The van der Waals surface area contributed by atoms with E-state index >= 15 is 0 Å². The number of fused-ring (bicyclic) bond motifs is 1. The quantitative estimate of drug-likeness (QED) is 0.565. The first-order valence-corrected chi connectivity index (χ1v) is 3.72. The summed E-state index contributed by atoms with van der Waals surface area (Å²) in [4.78, 5) is 8.32. The summed E-state index contributed by atoms with van der Waals surface area (Å²) in [6.45, 7) is 5.63. The van der Waals surface area contributed by atoms with Crippen LogP contribution in [0, 0.1) is 20.8 Å². The summed E-state index contributed by atoms with van der Waals surface area (Å²) in [5.41, 5.74) is 1.78. The Kier molecular flexibility index (Phi) is 1.33. The van der Waals surface area contributed by atoms with Gasteiger partial charge in [-0.2, -0.15) is 10.1 Å². The van der Waals surface area contributed by atoms with E-state index < -0.39 is 0 Å². The number of aromatic nitrogens is 5. The summed E-state index contributed by atoms with van der Waals surface area (Å²) in [6.07, 6.45) is 0. The van der Waals surface area contributed by atoms with Crippen molar-refractivity contribution in [1.29, 1.82) is 0 Å². The minimum atomic E-state index is 0.565. The molecule has 0 aliphatic rings. The first-order valence-electron chi connectivity index (χ1n) is 3.72. The second-order valence-electron chi connectivity index (χ2n) is 2.73. The lowest BCUT2D eigenvalue weighted by molar-refractivity contribution is 0.745. The lowest BCUT2D eigenvalue weighted by Gasteiger charge is -1.95. The van der Waals surface area contributed by atoms with E-state index in [-0.39, 0.29) is 0 Å². The molecule has 0 saturated carbocycles. The Bertz CT molecular complexity index is 392. The third-order valence-corrected chi connectivity index (χ3v) is 1.72. The van der Waals surface area contributed by atoms with Gasteiger partial charge < -0.3 is 0 Å². The largest absolute Gasteiger partial charge is 0.270 e. The topological polar surface area (TPSA) is 56.0 Å². The highest BCUT2D eigenvalue weighted by atomic mass is 15.5. The highest BCUT2D eigenvalue weighted by Crippen LogP contribution is 2.00. The van der Waals surface area contributed by atoms with Crippen LogP contribution < -0.4 is 0 Å². The molecule has 2 aromatic heterocycles. The smallest absolute Gasteiger partial charge is 0.213 e. The highest BCUT2D eigenvalue weighted by molar-refractivity contribution is 5.26. The molecule has 0 N–H and O–H groups in total. The zero-order chi connectivity index (χ0) is 8.72. The predicted octanol–water partition coefficient (Wildman–Crippen LogP) is 0.445. The molecule has 0 aliphatic heterocycles. The van der Waals surface area contributed by atoms with Crippen LogP contribution in [0.25, 0.3) is 5.78 Å². The molecule has 2 rings (SSSR count). The van der Waals surface area contributed by atoms with E-state index in [0.29, 0.717) is 11.6 Å². The van der Waals surface area contributed by atoms with Gasteiger partial charge in [-0.15, -0.1) is 9.73 Å². The molecule has 0 amide bonds. The van der Waals surface area contributed by atoms with Crippen molar-refractivity contribution in [1.82, 2.24) is 24.8 Å². The molecule has 0 saturated heterocycles. The van der Waals surface area contributed by atoms with E-state index in [2.05, 4.69) is 20.2 Å². The molecular formula is C7H9N5. The van der Waals surface area contributed by atoms with Crippen LogP contribution >= 0.6 is 0 Å². The van der Waals surface area contributed by atoms with E-state index in [4.69, 9.17) is 0 Å². The molecule has 2 aromatic rings. The summed E-state index contributed by atoms with van der Waals surface area (Å²) in [7, 11) is 0. The molecular weight excluding hydrogens is 154 g/mol. The molecule has 0 bridgehead atoms. The van der Waals surface area contributed by atoms with Gasteiger partial charge in [-0.25, -0.2) is 4.98 Å². The number of hydrogen-bond donors (Lipinski definition) is 0. The number of aryl methyl sites for hydroxylation is 3. The monoisotopic (exact) mass is 163 g/mol. The number of rotatable bonds is 0. The van der Waals surface area contributed by atoms with Crippen molar-refractivity contribution >= 4 is 5.78 Å². The van der Waals surface area contributed by atoms with Gasteiger partial charge in [-0.05, 0) is 20.8 Å². The fourth-order valence-corrected chi connectivity index (χ4v) is 0.976. The number of hydrogen-bond acceptors (Lipinski definition) is 4. The van der Waals surface area contributed by atoms with Gasteiger partial charge in [0.1, 0.15) is 0 Å². The van der Waals surface area contributed by atoms with E-state index in [1.54, 1.807) is 0 Å². The Morgan fingerprint density at radius 3 is 2.42 bits per heavy atom. The first-order chi connectivity index (χ1) is 5.66. The average molecular weight is 163 g/mol. The lowest BCUT2D eigenvalue weighted by Crippen LogP contribution is -2.01. The van der Waals surface area contributed by atoms with Crippen molar-refractivity contribution < 1.29 is 0 Å². The Morgan fingerprint density at radius 2 is 1.67 bits per heavy atom. The molecule has 2 heterocycles. The van der Waals surface area contributed by atoms with Crippen molar-refractivity contribution in [2.75, 3.05) is 0 Å². The minimum Gasteiger partial charge on any atom is -0.213 e. The van der Waals surface area contributed by atoms with Crippen LogP contribution in [0.2, 0.25) is 0 Å². The van der Waals surface area contributed by atoms with Crippen molar-refractivity contribution in [3.8, 4) is 0 Å². The van der Waals surface area contributed by atoms with Gasteiger partial charge in [0.2, 0.25) is 0 Å². The van der Waals surface area contributed by atoms with Crippen LogP contribution in [-0.4, -0.2) is 24.8 Å². The van der Waals surface area contributed by atoms with Crippen molar-refractivity contribution in [2.24, 2.45) is 0 Å². The maximum atomic E-state index is 4.22. The second-order valence-corrected chi connectivity index (χ2v) is 2.73. The predicted molar refractivity (Wildman–Crippen MR) is 42.8 cm³/mol. The molecule has 0 aliphatic carbocycles. The van der Waals surface area contributed by atoms with Gasteiger partial charge in [0, 0.05) is 0 Å². The van der Waals surface area contributed by atoms with Crippen molar-refractivity contribution in [2.45, 2.75) is 20.8 Å². The van der Waals surface area contributed by atoms with Crippen LogP contribution in [0.1, 0.15) is 17.2 Å². The maximum Gasteiger partial charge on any atom is 0.270 e. The van der Waals surface area contributed by atoms with Crippen LogP contribution in [0.3, 0.4) is 0 Å². The summed E-state index contributed by atoms with van der Waals surface area (Å²) in [6, 6.07) is 0. The van der Waals surface area contributed by atoms with E-state index in [1.807, 2.05) is 20.8 Å². The summed E-state index contributed by atoms with van der Waals surface area (Å²) in [5, 5.41) is 8.22. The van der Waals surface area contributed by atoms with Crippen molar-refractivity contribution in [3.63, 3.8) is 0 Å². The highest BCUT2D eigenvalue weighted by Gasteiger charge is 2.03. The molecule has 0 fully saturated rings. The summed E-state index contributed by atoms with van der Waals surface area (Å²) >= 11 is 0. The third kappa shape index (κ3) is 0.939. The molecule has 12 heavy (non-hydrogen) atoms. The zero-order valence-corrected chi connectivity index (χ0v) is 7.24. The van der Waals surface area contributed by atoms with Crippen LogP contribution in [0.15, 0.2) is 0 Å². The lowest BCUT2D eigenvalue weighted by atomic mass is 10.4. The van der Waals surface area contributed by atoms with Crippen LogP contribution in [0.4, 0.5) is 0 Å². The molecule has 0 atom stereocenters. The molecule has 0 spiro atoms. The number of nitrogens with zero attached hydrogens (tertiary/aromatic N) is 5. The fourth-order valence-electron chi connectivity index (χ4n) is 0.976. The molecule has 0 unspecified atom stereocenters. The summed E-state index contributed by atoms with van der Waals surface area (Å²) < 4.78 is 1.46. The molecule has 62 valence electrons. The Morgan fingerprint density at radius 1 is 0.917 bits per heavy atom. The van der Waals surface area contributed by atoms with Crippen molar-refractivity contribution in [3.05, 3.63) is 17.2 Å². The van der Waals surface area contributed by atoms with E-state index in [9.17, 15) is 0 Å². The molecule has 5 nitrogen and oxygen atoms in total. The second kappa shape index (κ2) is 2.23. The normalized spacial score (nSPS) is 10.9. The van der Waals surface area contributed by atoms with E-state index in [0.717, 1.165) is 11.4 Å². The van der Waals surface area contributed by atoms with E-state index in [1.165, 1.54) is 4.63 Å². The SMILES string of the molecule is Cc1nc2nc(C)c(C)nn2n1. The molecule has 5 heteroatoms. The third-order valence-electron chi connectivity index (χ3n) is 1.72. The first kappa shape index (κ1) is 7.15. The zero-order valence-electron chi connectivity index (χ0n) is 7.24. The van der Waals surface area contributed by atoms with Gasteiger partial charge in [0.05, 0.1) is 11.4 Å². The average Bonchev–Trinajstić information content (AvgIpc) is 2.30. The van der Waals surface area contributed by atoms with Crippen LogP contribution in [0.5, 0.6) is 0 Å². The standard InChI is InChI=1S/C7H9N5/c1-4-5(2)10-12-7(8-4)9-6(3)11-12/h1-3H3. The Hall–Kier alpha value is -1.52. The Balaban J connectivity index is 2.83. The maximum absolute atomic E-state index is 4.22. The minimum absolute atomic E-state index is 0.565. The molecule has 0 aromatic carbocycles. The fraction of sp³-hybridized carbons (Fsp3) is 0.429. The molecule has 0 radical (unpaired) electrons. The van der Waals surface area contributed by atoms with Crippen LogP contribution in [-0.2, 0) is 0 Å². The van der Waals surface area contributed by atoms with Gasteiger partial charge in [-0.3, -0.25) is 0 Å². The summed E-state index contributed by atoms with van der Waals surface area (Å²) in [5.74, 6) is 1.26.